The van der Waals surface area contributed by atoms with Crippen molar-refractivity contribution in [3.63, 3.8) is 0 Å². The molecule has 3 N–H and O–H groups in total. The molecule has 4 heteroatoms. The molecule has 11 heavy (non-hydrogen) atoms. The molecule has 1 aliphatic heterocycles. The zero-order valence-corrected chi connectivity index (χ0v) is 5.67. The monoisotopic (exact) mass is 154 g/mol. The lowest BCUT2D eigenvalue weighted by Crippen LogP contribution is -2.24. The van der Waals surface area contributed by atoms with Crippen molar-refractivity contribution in [3.8, 4) is 5.75 Å². The van der Waals surface area contributed by atoms with Crippen LogP contribution in [0.25, 0.3) is 0 Å². The van der Waals surface area contributed by atoms with Crippen LogP contribution in [-0.4, -0.2) is 0 Å². The van der Waals surface area contributed by atoms with Crippen LogP contribution in [0.3, 0.4) is 0 Å². The molecular formula is C7H7FN2O. The molecule has 58 valence electrons. The first kappa shape index (κ1) is 6.57. The second-order valence-electron chi connectivity index (χ2n) is 2.38. The van der Waals surface area contributed by atoms with E-state index in [4.69, 9.17) is 10.6 Å². The van der Waals surface area contributed by atoms with Crippen molar-refractivity contribution >= 4 is 0 Å². The Bertz CT molecular complexity index is 290. The molecule has 1 aromatic rings. The first-order chi connectivity index (χ1) is 5.27. The zero-order chi connectivity index (χ0) is 7.84. The summed E-state index contributed by atoms with van der Waals surface area (Å²) >= 11 is 0. The van der Waals surface area contributed by atoms with Crippen molar-refractivity contribution in [1.82, 2.24) is 5.48 Å². The highest BCUT2D eigenvalue weighted by Gasteiger charge is 2.20. The standard InChI is InChI=1S/C7H7FN2O/c8-4-1-2-6-5(3-4)7(9)10-11-6/h1-3,7,10H,9H2/t7-/m0/s1. The number of rotatable bonds is 0. The van der Waals surface area contributed by atoms with Crippen LogP contribution in [0, 0.1) is 5.82 Å². The van der Waals surface area contributed by atoms with Crippen LogP contribution in [0.15, 0.2) is 18.2 Å². The molecule has 0 amide bonds. The van der Waals surface area contributed by atoms with Gasteiger partial charge in [0, 0.05) is 5.56 Å². The highest BCUT2D eigenvalue weighted by Crippen LogP contribution is 2.27. The van der Waals surface area contributed by atoms with Crippen LogP contribution in [0.2, 0.25) is 0 Å². The maximum absolute atomic E-state index is 12.6. The summed E-state index contributed by atoms with van der Waals surface area (Å²) < 4.78 is 12.6. The molecule has 0 fully saturated rings. The Balaban J connectivity index is 2.52. The van der Waals surface area contributed by atoms with E-state index < -0.39 is 6.17 Å². The fourth-order valence-corrected chi connectivity index (χ4v) is 1.05. The van der Waals surface area contributed by atoms with E-state index in [2.05, 4.69) is 5.48 Å². The number of fused-ring (bicyclic) bond motifs is 1. The molecule has 0 saturated heterocycles. The Morgan fingerprint density at radius 1 is 1.55 bits per heavy atom. The highest BCUT2D eigenvalue weighted by atomic mass is 19.1. The van der Waals surface area contributed by atoms with Gasteiger partial charge in [-0.15, -0.1) is 5.48 Å². The number of nitrogens with one attached hydrogen (secondary N) is 1. The topological polar surface area (TPSA) is 47.3 Å². The number of nitrogens with two attached hydrogens (primary N) is 1. The summed E-state index contributed by atoms with van der Waals surface area (Å²) in [5, 5.41) is 0. The van der Waals surface area contributed by atoms with Gasteiger partial charge in [0.2, 0.25) is 0 Å². The summed E-state index contributed by atoms with van der Waals surface area (Å²) in [5.74, 6) is 0.297. The molecule has 1 atom stereocenters. The van der Waals surface area contributed by atoms with Gasteiger partial charge in [0.25, 0.3) is 0 Å². The van der Waals surface area contributed by atoms with Gasteiger partial charge < -0.3 is 10.6 Å². The second kappa shape index (κ2) is 2.18. The minimum Gasteiger partial charge on any atom is -0.406 e. The number of hydroxylamine groups is 1. The van der Waals surface area contributed by atoms with Crippen molar-refractivity contribution < 1.29 is 9.23 Å². The van der Waals surface area contributed by atoms with E-state index in [1.54, 1.807) is 6.07 Å². The average Bonchev–Trinajstić information content (AvgIpc) is 2.33. The lowest BCUT2D eigenvalue weighted by Gasteiger charge is -1.98. The summed E-state index contributed by atoms with van der Waals surface area (Å²) in [6.45, 7) is 0. The molecule has 1 aliphatic rings. The predicted octanol–water partition coefficient (Wildman–Crippen LogP) is 0.680. The fourth-order valence-electron chi connectivity index (χ4n) is 1.05. The van der Waals surface area contributed by atoms with Gasteiger partial charge in [0.1, 0.15) is 12.0 Å². The van der Waals surface area contributed by atoms with Crippen molar-refractivity contribution in [3.05, 3.63) is 29.6 Å². The van der Waals surface area contributed by atoms with Gasteiger partial charge in [0.05, 0.1) is 0 Å². The second-order valence-corrected chi connectivity index (χ2v) is 2.38. The van der Waals surface area contributed by atoms with E-state index in [-0.39, 0.29) is 5.82 Å². The Labute approximate surface area is 62.9 Å². The van der Waals surface area contributed by atoms with Crippen LogP contribution in [0.5, 0.6) is 5.75 Å². The summed E-state index contributed by atoms with van der Waals surface area (Å²) in [5.41, 5.74) is 8.69. The number of halogens is 1. The van der Waals surface area contributed by atoms with Crippen molar-refractivity contribution in [2.45, 2.75) is 6.17 Å². The maximum atomic E-state index is 12.6. The molecule has 3 nitrogen and oxygen atoms in total. The molecular weight excluding hydrogens is 147 g/mol. The van der Waals surface area contributed by atoms with Gasteiger partial charge in [-0.2, -0.15) is 0 Å². The molecule has 1 heterocycles. The zero-order valence-electron chi connectivity index (χ0n) is 5.67. The highest BCUT2D eigenvalue weighted by molar-refractivity contribution is 5.37. The van der Waals surface area contributed by atoms with E-state index in [1.165, 1.54) is 12.1 Å². The molecule has 0 spiro atoms. The minimum absolute atomic E-state index is 0.300. The van der Waals surface area contributed by atoms with E-state index in [9.17, 15) is 4.39 Å². The average molecular weight is 154 g/mol. The molecule has 2 rings (SSSR count). The molecule has 0 aliphatic carbocycles. The maximum Gasteiger partial charge on any atom is 0.153 e. The molecule has 0 radical (unpaired) electrons. The first-order valence-electron chi connectivity index (χ1n) is 3.25. The van der Waals surface area contributed by atoms with Gasteiger partial charge in [0.15, 0.2) is 5.75 Å². The van der Waals surface area contributed by atoms with Crippen LogP contribution in [-0.2, 0) is 0 Å². The summed E-state index contributed by atoms with van der Waals surface area (Å²) in [4.78, 5) is 4.92. The Hall–Kier alpha value is -1.13. The Morgan fingerprint density at radius 2 is 2.36 bits per heavy atom. The van der Waals surface area contributed by atoms with E-state index >= 15 is 0 Å². The van der Waals surface area contributed by atoms with Gasteiger partial charge in [-0.1, -0.05) is 0 Å². The smallest absolute Gasteiger partial charge is 0.153 e. The lowest BCUT2D eigenvalue weighted by molar-refractivity contribution is 0.196. The van der Waals surface area contributed by atoms with Crippen LogP contribution in [0.4, 0.5) is 4.39 Å². The van der Waals surface area contributed by atoms with E-state index in [0.717, 1.165) is 0 Å². The third-order valence-corrected chi connectivity index (χ3v) is 1.60. The quantitative estimate of drug-likeness (QED) is 0.577. The normalized spacial score (nSPS) is 21.1. The van der Waals surface area contributed by atoms with E-state index in [1.807, 2.05) is 0 Å². The minimum atomic E-state index is -0.416. The van der Waals surface area contributed by atoms with Crippen molar-refractivity contribution in [2.75, 3.05) is 0 Å². The van der Waals surface area contributed by atoms with Crippen molar-refractivity contribution in [1.29, 1.82) is 0 Å². The van der Waals surface area contributed by atoms with Crippen molar-refractivity contribution in [2.24, 2.45) is 5.73 Å². The van der Waals surface area contributed by atoms with Gasteiger partial charge >= 0.3 is 0 Å². The molecule has 0 bridgehead atoms. The molecule has 0 unspecified atom stereocenters. The SMILES string of the molecule is N[C@H]1NOc2ccc(F)cc21. The molecule has 0 aromatic heterocycles. The largest absolute Gasteiger partial charge is 0.406 e. The van der Waals surface area contributed by atoms with E-state index in [0.29, 0.717) is 11.3 Å². The third-order valence-electron chi connectivity index (χ3n) is 1.60. The summed E-state index contributed by atoms with van der Waals surface area (Å²) in [6, 6.07) is 4.24. The van der Waals surface area contributed by atoms with Crippen LogP contribution in [0.1, 0.15) is 11.7 Å². The van der Waals surface area contributed by atoms with Crippen LogP contribution >= 0.6 is 0 Å². The lowest BCUT2D eigenvalue weighted by atomic mass is 10.2. The van der Waals surface area contributed by atoms with Gasteiger partial charge in [-0.05, 0) is 18.2 Å². The first-order valence-corrected chi connectivity index (χ1v) is 3.25. The summed E-state index contributed by atoms with van der Waals surface area (Å²) in [7, 11) is 0. The fraction of sp³-hybridized carbons (Fsp3) is 0.143. The van der Waals surface area contributed by atoms with Crippen LogP contribution < -0.4 is 16.1 Å². The Kier molecular flexibility index (Phi) is 1.30. The Morgan fingerprint density at radius 3 is 3.18 bits per heavy atom. The predicted molar refractivity (Wildman–Crippen MR) is 37.1 cm³/mol. The number of benzene rings is 1. The third kappa shape index (κ3) is 0.961. The number of hydrogen-bond donors (Lipinski definition) is 2. The molecule has 1 aromatic carbocycles. The van der Waals surface area contributed by atoms with Gasteiger partial charge in [-0.3, -0.25) is 0 Å². The summed E-state index contributed by atoms with van der Waals surface area (Å²) in [6.07, 6.45) is -0.416. The molecule has 0 saturated carbocycles. The number of hydrogen-bond acceptors (Lipinski definition) is 3. The van der Waals surface area contributed by atoms with Gasteiger partial charge in [-0.25, -0.2) is 4.39 Å².